The third-order valence-electron chi connectivity index (χ3n) is 0. The molecular weight excluding hydrogens is 188 g/mol. The molecular formula is H2MgNa3O4P. The van der Waals surface area contributed by atoms with Crippen molar-refractivity contribution in [2.75, 3.05) is 0 Å². The van der Waals surface area contributed by atoms with Gasteiger partial charge in [0.15, 0.2) is 0 Å². The second-order valence-corrected chi connectivity index (χ2v) is 1.34. The first kappa shape index (κ1) is 29.3. The third-order valence-corrected chi connectivity index (χ3v) is 0. The number of phosphoric acid groups is 1. The van der Waals surface area contributed by atoms with E-state index < -0.39 is 7.82 Å². The van der Waals surface area contributed by atoms with Gasteiger partial charge in [0.2, 0.25) is 0 Å². The van der Waals surface area contributed by atoms with Gasteiger partial charge in [-0.15, -0.1) is 0 Å². The molecule has 0 N–H and O–H groups in total. The van der Waals surface area contributed by atoms with E-state index in [1.807, 2.05) is 0 Å². The summed E-state index contributed by atoms with van der Waals surface area (Å²) in [6.07, 6.45) is 0. The minimum atomic E-state index is -5.39. The molecule has 0 aromatic rings. The monoisotopic (exact) mass is 190 g/mol. The Morgan fingerprint density at radius 3 is 1.00 bits per heavy atom. The summed E-state index contributed by atoms with van der Waals surface area (Å²) in [5, 5.41) is 0. The molecule has 9 heteroatoms. The van der Waals surface area contributed by atoms with Gasteiger partial charge < -0.3 is 22.1 Å². The molecule has 0 aromatic carbocycles. The van der Waals surface area contributed by atoms with E-state index in [2.05, 4.69) is 0 Å². The predicted molar refractivity (Wildman–Crippen MR) is 15.6 cm³/mol. The van der Waals surface area contributed by atoms with E-state index in [1.54, 1.807) is 0 Å². The van der Waals surface area contributed by atoms with Crippen molar-refractivity contribution in [2.45, 2.75) is 0 Å². The molecule has 4 nitrogen and oxygen atoms in total. The van der Waals surface area contributed by atoms with Gasteiger partial charge in [0.25, 0.3) is 0 Å². The third kappa shape index (κ3) is 77.1. The summed E-state index contributed by atoms with van der Waals surface area (Å²) in [5.41, 5.74) is 0. The van der Waals surface area contributed by atoms with Crippen molar-refractivity contribution in [2.24, 2.45) is 0 Å². The molecule has 0 aromatic heterocycles. The minimum Gasteiger partial charge on any atom is -1.00 e. The van der Waals surface area contributed by atoms with Crippen LogP contribution in [0.5, 0.6) is 0 Å². The Balaban J connectivity index is -0.00000000533. The summed E-state index contributed by atoms with van der Waals surface area (Å²) in [4.78, 5) is 25.6. The van der Waals surface area contributed by atoms with E-state index in [9.17, 15) is 0 Å². The van der Waals surface area contributed by atoms with Gasteiger partial charge in [-0.25, -0.2) is 0 Å². The molecule has 0 aliphatic heterocycles. The number of hydrogen-bond donors (Lipinski definition) is 0. The molecule has 9 heavy (non-hydrogen) atoms. The number of hydrogen-bond acceptors (Lipinski definition) is 4. The Labute approximate surface area is 139 Å². The van der Waals surface area contributed by atoms with Crippen LogP contribution in [0, 0.1) is 0 Å². The fourth-order valence-corrected chi connectivity index (χ4v) is 0. The van der Waals surface area contributed by atoms with E-state index in [4.69, 9.17) is 19.2 Å². The Hall–Kier alpha value is 3.88. The standard InChI is InChI=1S/Mg.3Na.H3O4P.2H/c;;;;1-5(2,3)4;;/h;;;;(H3,1,2,3,4);;/q+2;3*+1;;2*-1/p-3. The molecule has 36 valence electrons. The second kappa shape index (κ2) is 14.4. The van der Waals surface area contributed by atoms with Gasteiger partial charge in [-0.1, -0.05) is 0 Å². The van der Waals surface area contributed by atoms with Gasteiger partial charge in [-0.2, -0.15) is 7.82 Å². The van der Waals surface area contributed by atoms with Gasteiger partial charge in [0.1, 0.15) is 0 Å². The van der Waals surface area contributed by atoms with E-state index in [0.717, 1.165) is 0 Å². The van der Waals surface area contributed by atoms with Crippen LogP contribution in [0.2, 0.25) is 0 Å². The maximum Gasteiger partial charge on any atom is 2.00 e. The fourth-order valence-electron chi connectivity index (χ4n) is 0. The summed E-state index contributed by atoms with van der Waals surface area (Å²) >= 11 is 0. The van der Waals surface area contributed by atoms with Gasteiger partial charge in [0, 0.05) is 0 Å². The van der Waals surface area contributed by atoms with E-state index in [1.165, 1.54) is 0 Å². The van der Waals surface area contributed by atoms with Crippen molar-refractivity contribution in [3.63, 3.8) is 0 Å². The summed E-state index contributed by atoms with van der Waals surface area (Å²) in [6.45, 7) is 0. The topological polar surface area (TPSA) is 86.2 Å². The quantitative estimate of drug-likeness (QED) is 0.280. The average molecular weight is 190 g/mol. The van der Waals surface area contributed by atoms with Crippen molar-refractivity contribution < 1.29 is 111 Å². The van der Waals surface area contributed by atoms with Crippen LogP contribution < -0.4 is 103 Å². The van der Waals surface area contributed by atoms with Gasteiger partial charge in [0.05, 0.1) is 0 Å². The normalized spacial score (nSPS) is 6.56. The zero-order chi connectivity index (χ0) is 4.50. The molecule has 0 saturated heterocycles. The van der Waals surface area contributed by atoms with Crippen molar-refractivity contribution in [3.05, 3.63) is 0 Å². The van der Waals surface area contributed by atoms with Crippen LogP contribution in [-0.2, 0) is 4.57 Å². The van der Waals surface area contributed by atoms with Crippen LogP contribution in [-0.4, -0.2) is 23.1 Å². The van der Waals surface area contributed by atoms with Crippen molar-refractivity contribution in [3.8, 4) is 0 Å². The Morgan fingerprint density at radius 2 is 1.00 bits per heavy atom. The van der Waals surface area contributed by atoms with E-state index in [0.29, 0.717) is 0 Å². The van der Waals surface area contributed by atoms with E-state index in [-0.39, 0.29) is 115 Å². The maximum atomic E-state index is 8.55. The Bertz CT molecular complexity index is 69.5. The van der Waals surface area contributed by atoms with Crippen LogP contribution in [0.15, 0.2) is 0 Å². The molecule has 0 unspecified atom stereocenters. The second-order valence-electron chi connectivity index (χ2n) is 0.447. The van der Waals surface area contributed by atoms with Gasteiger partial charge in [-0.05, 0) is 0 Å². The first-order valence-corrected chi connectivity index (χ1v) is 2.19. The van der Waals surface area contributed by atoms with Crippen molar-refractivity contribution >= 4 is 30.9 Å². The zero-order valence-electron chi connectivity index (χ0n) is 7.79. The number of rotatable bonds is 0. The summed E-state index contributed by atoms with van der Waals surface area (Å²) in [6, 6.07) is 0. The van der Waals surface area contributed by atoms with Crippen LogP contribution in [0.4, 0.5) is 0 Å². The van der Waals surface area contributed by atoms with Crippen molar-refractivity contribution in [1.29, 1.82) is 0 Å². The average Bonchev–Trinajstić information content (AvgIpc) is 0.722. The van der Waals surface area contributed by atoms with Crippen LogP contribution >= 0.6 is 7.82 Å². The largest absolute Gasteiger partial charge is 2.00 e. The predicted octanol–water partition coefficient (Wildman–Crippen LogP) is -12.0. The Kier molecular flexibility index (Phi) is 46.9. The summed E-state index contributed by atoms with van der Waals surface area (Å²) in [7, 11) is -5.39. The van der Waals surface area contributed by atoms with Crippen molar-refractivity contribution in [1.82, 2.24) is 0 Å². The van der Waals surface area contributed by atoms with Crippen LogP contribution in [0.25, 0.3) is 0 Å². The molecule has 0 amide bonds. The SMILES string of the molecule is O=P([O-])([O-])[O-].[H-].[H-].[Mg+2].[Na+].[Na+].[Na+]. The fraction of sp³-hybridized carbons (Fsp3) is 0. The Morgan fingerprint density at radius 1 is 1.00 bits per heavy atom. The zero-order valence-corrected chi connectivity index (χ0v) is 14.1. The first-order chi connectivity index (χ1) is 2.00. The van der Waals surface area contributed by atoms with Gasteiger partial charge >= 0.3 is 112 Å². The molecule has 0 rings (SSSR count). The molecule has 0 bridgehead atoms. The molecule has 0 spiro atoms. The molecule has 0 aliphatic carbocycles. The summed E-state index contributed by atoms with van der Waals surface area (Å²) in [5.74, 6) is 0. The first-order valence-electron chi connectivity index (χ1n) is 0.730. The molecule has 0 radical (unpaired) electrons. The summed E-state index contributed by atoms with van der Waals surface area (Å²) < 4.78 is 8.55. The molecule has 0 aliphatic rings. The molecule has 0 heterocycles. The minimum absolute atomic E-state index is 0. The van der Waals surface area contributed by atoms with Gasteiger partial charge in [-0.3, -0.25) is 0 Å². The smallest absolute Gasteiger partial charge is 1.00 e. The molecule has 0 atom stereocenters. The molecule has 0 fully saturated rings. The van der Waals surface area contributed by atoms with Crippen LogP contribution in [0.3, 0.4) is 0 Å². The van der Waals surface area contributed by atoms with E-state index >= 15 is 0 Å². The maximum absolute atomic E-state index is 8.55. The molecule has 0 saturated carbocycles. The van der Waals surface area contributed by atoms with Crippen LogP contribution in [0.1, 0.15) is 2.85 Å².